The van der Waals surface area contributed by atoms with Crippen LogP contribution in [-0.2, 0) is 0 Å². The molecule has 0 unspecified atom stereocenters. The first-order valence-electron chi connectivity index (χ1n) is 4.22. The molecular formula is C10H6O6. The number of carboxylic acids is 1. The SMILES string of the molecule is O=C(O)c1cc2c(O)cc(O)cc2oc1=O. The maximum atomic E-state index is 11.2. The summed E-state index contributed by atoms with van der Waals surface area (Å²) in [7, 11) is 0. The van der Waals surface area contributed by atoms with Crippen molar-refractivity contribution in [2.75, 3.05) is 0 Å². The van der Waals surface area contributed by atoms with Crippen molar-refractivity contribution in [2.45, 2.75) is 0 Å². The van der Waals surface area contributed by atoms with Crippen molar-refractivity contribution in [1.29, 1.82) is 0 Å². The molecule has 0 bridgehead atoms. The van der Waals surface area contributed by atoms with Gasteiger partial charge in [0.2, 0.25) is 0 Å². The second-order valence-electron chi connectivity index (χ2n) is 3.13. The van der Waals surface area contributed by atoms with Crippen LogP contribution in [0.15, 0.2) is 27.4 Å². The molecule has 6 nitrogen and oxygen atoms in total. The fourth-order valence-electron chi connectivity index (χ4n) is 1.33. The van der Waals surface area contributed by atoms with Crippen molar-refractivity contribution in [1.82, 2.24) is 0 Å². The molecule has 0 aliphatic carbocycles. The zero-order chi connectivity index (χ0) is 11.9. The summed E-state index contributed by atoms with van der Waals surface area (Å²) >= 11 is 0. The average molecular weight is 222 g/mol. The van der Waals surface area contributed by atoms with Gasteiger partial charge in [0.05, 0.1) is 5.39 Å². The van der Waals surface area contributed by atoms with Crippen molar-refractivity contribution >= 4 is 16.9 Å². The number of aromatic hydroxyl groups is 2. The van der Waals surface area contributed by atoms with Crippen LogP contribution in [0, 0.1) is 0 Å². The average Bonchev–Trinajstić information content (AvgIpc) is 2.15. The van der Waals surface area contributed by atoms with Crippen LogP contribution in [0.2, 0.25) is 0 Å². The van der Waals surface area contributed by atoms with Gasteiger partial charge in [-0.1, -0.05) is 0 Å². The van der Waals surface area contributed by atoms with E-state index in [0.29, 0.717) is 0 Å². The van der Waals surface area contributed by atoms with E-state index < -0.39 is 17.2 Å². The van der Waals surface area contributed by atoms with E-state index in [-0.39, 0.29) is 22.5 Å². The van der Waals surface area contributed by atoms with E-state index in [2.05, 4.69) is 4.42 Å². The molecule has 16 heavy (non-hydrogen) atoms. The van der Waals surface area contributed by atoms with E-state index in [0.717, 1.165) is 18.2 Å². The Balaban J connectivity index is 2.90. The third kappa shape index (κ3) is 1.46. The number of fused-ring (bicyclic) bond motifs is 1. The topological polar surface area (TPSA) is 108 Å². The molecular weight excluding hydrogens is 216 g/mol. The Labute approximate surface area is 88.0 Å². The first-order valence-corrected chi connectivity index (χ1v) is 4.22. The van der Waals surface area contributed by atoms with Crippen LogP contribution in [0.25, 0.3) is 11.0 Å². The first kappa shape index (κ1) is 10.0. The monoisotopic (exact) mass is 222 g/mol. The highest BCUT2D eigenvalue weighted by Gasteiger charge is 2.14. The van der Waals surface area contributed by atoms with Gasteiger partial charge in [-0.2, -0.15) is 0 Å². The zero-order valence-electron chi connectivity index (χ0n) is 7.80. The van der Waals surface area contributed by atoms with Crippen molar-refractivity contribution in [3.63, 3.8) is 0 Å². The van der Waals surface area contributed by atoms with Gasteiger partial charge in [0.15, 0.2) is 0 Å². The molecule has 0 amide bonds. The lowest BCUT2D eigenvalue weighted by Gasteiger charge is -2.01. The van der Waals surface area contributed by atoms with Gasteiger partial charge in [-0.25, -0.2) is 9.59 Å². The summed E-state index contributed by atoms with van der Waals surface area (Å²) in [6.07, 6.45) is 0. The Kier molecular flexibility index (Phi) is 2.05. The molecule has 1 aromatic carbocycles. The lowest BCUT2D eigenvalue weighted by molar-refractivity contribution is 0.0692. The van der Waals surface area contributed by atoms with Gasteiger partial charge in [-0.3, -0.25) is 0 Å². The van der Waals surface area contributed by atoms with Crippen molar-refractivity contribution in [3.05, 3.63) is 34.2 Å². The minimum Gasteiger partial charge on any atom is -0.508 e. The fourth-order valence-corrected chi connectivity index (χ4v) is 1.33. The van der Waals surface area contributed by atoms with Crippen molar-refractivity contribution in [3.8, 4) is 11.5 Å². The molecule has 82 valence electrons. The van der Waals surface area contributed by atoms with Crippen LogP contribution >= 0.6 is 0 Å². The molecule has 0 saturated carbocycles. The van der Waals surface area contributed by atoms with Gasteiger partial charge >= 0.3 is 11.6 Å². The molecule has 0 radical (unpaired) electrons. The second-order valence-corrected chi connectivity index (χ2v) is 3.13. The van der Waals surface area contributed by atoms with E-state index in [4.69, 9.17) is 10.2 Å². The molecule has 2 aromatic rings. The summed E-state index contributed by atoms with van der Waals surface area (Å²) in [4.78, 5) is 21.8. The highest BCUT2D eigenvalue weighted by molar-refractivity contribution is 5.93. The summed E-state index contributed by atoms with van der Waals surface area (Å²) in [5.74, 6) is -2.08. The molecule has 0 fully saturated rings. The summed E-state index contributed by atoms with van der Waals surface area (Å²) in [5, 5.41) is 27.3. The number of aromatic carboxylic acids is 1. The molecule has 6 heteroatoms. The van der Waals surface area contributed by atoms with E-state index in [1.807, 2.05) is 0 Å². The number of hydrogen-bond donors (Lipinski definition) is 3. The lowest BCUT2D eigenvalue weighted by Crippen LogP contribution is -2.12. The normalized spacial score (nSPS) is 10.5. The van der Waals surface area contributed by atoms with Gasteiger partial charge in [-0.05, 0) is 6.07 Å². The number of rotatable bonds is 1. The molecule has 0 spiro atoms. The largest absolute Gasteiger partial charge is 0.508 e. The summed E-state index contributed by atoms with van der Waals surface area (Å²) < 4.78 is 4.66. The number of benzene rings is 1. The fraction of sp³-hybridized carbons (Fsp3) is 0. The van der Waals surface area contributed by atoms with Gasteiger partial charge in [-0.15, -0.1) is 0 Å². The number of phenolic OH excluding ortho intramolecular Hbond substituents is 2. The third-order valence-corrected chi connectivity index (χ3v) is 2.05. The van der Waals surface area contributed by atoms with E-state index in [9.17, 15) is 14.7 Å². The van der Waals surface area contributed by atoms with Gasteiger partial charge < -0.3 is 19.7 Å². The van der Waals surface area contributed by atoms with E-state index >= 15 is 0 Å². The maximum Gasteiger partial charge on any atom is 0.351 e. The van der Waals surface area contributed by atoms with Crippen molar-refractivity contribution in [2.24, 2.45) is 0 Å². The molecule has 1 heterocycles. The smallest absolute Gasteiger partial charge is 0.351 e. The van der Waals surface area contributed by atoms with Gasteiger partial charge in [0.25, 0.3) is 0 Å². The standard InChI is InChI=1S/C10H6O6/c11-4-1-7(12)5-3-6(9(13)14)10(15)16-8(5)2-4/h1-3,11-12H,(H,13,14). The van der Waals surface area contributed by atoms with Crippen LogP contribution in [0.1, 0.15) is 10.4 Å². The predicted molar refractivity (Wildman–Crippen MR) is 52.8 cm³/mol. The van der Waals surface area contributed by atoms with Crippen LogP contribution in [0.4, 0.5) is 0 Å². The predicted octanol–water partition coefficient (Wildman–Crippen LogP) is 0.902. The van der Waals surface area contributed by atoms with Crippen LogP contribution in [0.3, 0.4) is 0 Å². The number of phenols is 2. The number of carbonyl (C=O) groups is 1. The lowest BCUT2D eigenvalue weighted by atomic mass is 10.1. The van der Waals surface area contributed by atoms with Gasteiger partial charge in [0, 0.05) is 12.1 Å². The Hall–Kier alpha value is -2.50. The zero-order valence-corrected chi connectivity index (χ0v) is 7.80. The highest BCUT2D eigenvalue weighted by Crippen LogP contribution is 2.29. The molecule has 2 rings (SSSR count). The van der Waals surface area contributed by atoms with E-state index in [1.165, 1.54) is 0 Å². The minimum atomic E-state index is -1.44. The minimum absolute atomic E-state index is 0.0507. The Bertz CT molecular complexity index is 640. The first-order chi connectivity index (χ1) is 7.49. The Morgan fingerprint density at radius 3 is 2.50 bits per heavy atom. The molecule has 1 aromatic heterocycles. The summed E-state index contributed by atoms with van der Waals surface area (Å²) in [6.45, 7) is 0. The number of carboxylic acid groups (broad SMARTS) is 1. The summed E-state index contributed by atoms with van der Waals surface area (Å²) in [6, 6.07) is 3.13. The molecule has 0 atom stereocenters. The number of hydrogen-bond acceptors (Lipinski definition) is 5. The van der Waals surface area contributed by atoms with Crippen LogP contribution in [0.5, 0.6) is 11.5 Å². The van der Waals surface area contributed by atoms with Crippen LogP contribution < -0.4 is 5.63 Å². The van der Waals surface area contributed by atoms with Crippen molar-refractivity contribution < 1.29 is 24.5 Å². The van der Waals surface area contributed by atoms with Gasteiger partial charge in [0.1, 0.15) is 22.6 Å². The quantitative estimate of drug-likeness (QED) is 0.618. The highest BCUT2D eigenvalue weighted by atomic mass is 16.4. The van der Waals surface area contributed by atoms with E-state index in [1.54, 1.807) is 0 Å². The molecule has 3 N–H and O–H groups in total. The molecule has 0 aliphatic heterocycles. The molecule has 0 aliphatic rings. The summed E-state index contributed by atoms with van der Waals surface area (Å²) in [5.41, 5.74) is -1.69. The Morgan fingerprint density at radius 2 is 1.88 bits per heavy atom. The third-order valence-electron chi connectivity index (χ3n) is 2.05. The molecule has 0 saturated heterocycles. The maximum absolute atomic E-state index is 11.2. The Morgan fingerprint density at radius 1 is 1.19 bits per heavy atom. The van der Waals surface area contributed by atoms with Crippen LogP contribution in [-0.4, -0.2) is 21.3 Å². The second kappa shape index (κ2) is 3.27.